The van der Waals surface area contributed by atoms with E-state index >= 15 is 0 Å². The third-order valence-electron chi connectivity index (χ3n) is 4.37. The van der Waals surface area contributed by atoms with Gasteiger partial charge in [0.25, 0.3) is 5.91 Å². The maximum atomic E-state index is 11.4. The molecule has 0 spiro atoms. The number of anilines is 2. The number of benzene rings is 1. The highest BCUT2D eigenvalue weighted by molar-refractivity contribution is 5.96. The van der Waals surface area contributed by atoms with Crippen molar-refractivity contribution >= 4 is 17.3 Å². The first kappa shape index (κ1) is 14.2. The van der Waals surface area contributed by atoms with Crippen LogP contribution in [-0.2, 0) is 4.79 Å². The smallest absolute Gasteiger partial charge is 0.262 e. The summed E-state index contributed by atoms with van der Waals surface area (Å²) in [7, 11) is 0. The Morgan fingerprint density at radius 2 is 2.14 bits per heavy atom. The Bertz CT molecular complexity index is 554. The first-order valence-corrected chi connectivity index (χ1v) is 7.74. The molecule has 0 bridgehead atoms. The molecule has 0 saturated heterocycles. The second-order valence-corrected chi connectivity index (χ2v) is 7.30. The average molecular weight is 288 g/mol. The van der Waals surface area contributed by atoms with E-state index in [9.17, 15) is 4.79 Å². The van der Waals surface area contributed by atoms with E-state index < -0.39 is 0 Å². The Hall–Kier alpha value is -1.71. The number of ether oxygens (including phenoxy) is 1. The minimum absolute atomic E-state index is 0.0907. The number of amides is 1. The van der Waals surface area contributed by atoms with Crippen LogP contribution >= 0.6 is 0 Å². The van der Waals surface area contributed by atoms with Crippen molar-refractivity contribution < 1.29 is 9.53 Å². The molecule has 1 saturated carbocycles. The number of nitrogens with one attached hydrogen (secondary N) is 2. The second kappa shape index (κ2) is 5.24. The summed E-state index contributed by atoms with van der Waals surface area (Å²) >= 11 is 0. The summed E-state index contributed by atoms with van der Waals surface area (Å²) < 4.78 is 5.39. The quantitative estimate of drug-likeness (QED) is 0.873. The molecule has 1 aromatic rings. The third kappa shape index (κ3) is 3.31. The fraction of sp³-hybridized carbons (Fsp3) is 0.588. The second-order valence-electron chi connectivity index (χ2n) is 7.30. The lowest BCUT2D eigenvalue weighted by Crippen LogP contribution is -2.35. The lowest BCUT2D eigenvalue weighted by Gasteiger charge is -2.39. The van der Waals surface area contributed by atoms with Gasteiger partial charge in [-0.25, -0.2) is 0 Å². The van der Waals surface area contributed by atoms with Crippen molar-refractivity contribution in [3.63, 3.8) is 0 Å². The summed E-state index contributed by atoms with van der Waals surface area (Å²) in [6, 6.07) is 6.41. The summed E-state index contributed by atoms with van der Waals surface area (Å²) in [6.45, 7) is 7.13. The van der Waals surface area contributed by atoms with Crippen molar-refractivity contribution in [3.05, 3.63) is 18.2 Å². The van der Waals surface area contributed by atoms with Crippen molar-refractivity contribution in [2.24, 2.45) is 11.3 Å². The topological polar surface area (TPSA) is 50.4 Å². The van der Waals surface area contributed by atoms with E-state index in [2.05, 4.69) is 31.4 Å². The van der Waals surface area contributed by atoms with Crippen LogP contribution in [0.15, 0.2) is 18.2 Å². The minimum atomic E-state index is -0.0907. The zero-order valence-electron chi connectivity index (χ0n) is 13.0. The largest absolute Gasteiger partial charge is 0.482 e. The predicted octanol–water partition coefficient (Wildman–Crippen LogP) is 3.64. The highest BCUT2D eigenvalue weighted by atomic mass is 16.5. The SMILES string of the molecule is CC1CC(Nc2ccc3c(c2)NC(=O)CO3)CC(C)(C)C1. The van der Waals surface area contributed by atoms with Gasteiger partial charge < -0.3 is 15.4 Å². The van der Waals surface area contributed by atoms with Crippen LogP contribution in [0.2, 0.25) is 0 Å². The molecule has 2 N–H and O–H groups in total. The number of fused-ring (bicyclic) bond motifs is 1. The molecule has 1 aliphatic carbocycles. The zero-order chi connectivity index (χ0) is 15.0. The molecule has 0 radical (unpaired) electrons. The summed E-state index contributed by atoms with van der Waals surface area (Å²) in [5.74, 6) is 1.40. The highest BCUT2D eigenvalue weighted by Crippen LogP contribution is 2.40. The molecule has 114 valence electrons. The van der Waals surface area contributed by atoms with Crippen LogP contribution in [0.1, 0.15) is 40.0 Å². The number of hydrogen-bond donors (Lipinski definition) is 2. The van der Waals surface area contributed by atoms with Crippen molar-refractivity contribution in [1.82, 2.24) is 0 Å². The fourth-order valence-corrected chi connectivity index (χ4v) is 3.86. The van der Waals surface area contributed by atoms with Gasteiger partial charge in [-0.2, -0.15) is 0 Å². The first-order chi connectivity index (χ1) is 9.91. The van der Waals surface area contributed by atoms with Crippen LogP contribution in [-0.4, -0.2) is 18.6 Å². The van der Waals surface area contributed by atoms with E-state index in [4.69, 9.17) is 4.74 Å². The molecule has 1 aromatic carbocycles. The lowest BCUT2D eigenvalue weighted by atomic mass is 9.70. The molecule has 2 aliphatic rings. The molecule has 3 rings (SSSR count). The van der Waals surface area contributed by atoms with E-state index in [1.807, 2.05) is 18.2 Å². The molecule has 2 unspecified atom stereocenters. The normalized spacial score (nSPS) is 27.3. The Morgan fingerprint density at radius 1 is 1.33 bits per heavy atom. The lowest BCUT2D eigenvalue weighted by molar-refractivity contribution is -0.118. The van der Waals surface area contributed by atoms with E-state index in [1.165, 1.54) is 19.3 Å². The molecule has 1 fully saturated rings. The van der Waals surface area contributed by atoms with E-state index in [1.54, 1.807) is 0 Å². The standard InChI is InChI=1S/C17H24N2O2/c1-11-6-13(9-17(2,3)8-11)18-12-4-5-15-14(7-12)19-16(20)10-21-15/h4-5,7,11,13,18H,6,8-10H2,1-3H3,(H,19,20). The van der Waals surface area contributed by atoms with Gasteiger partial charge in [-0.3, -0.25) is 4.79 Å². The van der Waals surface area contributed by atoms with Crippen molar-refractivity contribution in [3.8, 4) is 5.75 Å². The van der Waals surface area contributed by atoms with Crippen LogP contribution in [0, 0.1) is 11.3 Å². The summed E-state index contributed by atoms with van der Waals surface area (Å²) in [6.07, 6.45) is 3.67. The molecule has 1 aliphatic heterocycles. The number of hydrogen-bond acceptors (Lipinski definition) is 3. The van der Waals surface area contributed by atoms with Crippen molar-refractivity contribution in [2.75, 3.05) is 17.2 Å². The number of carbonyl (C=O) groups is 1. The van der Waals surface area contributed by atoms with Crippen LogP contribution in [0.4, 0.5) is 11.4 Å². The van der Waals surface area contributed by atoms with Crippen LogP contribution in [0.25, 0.3) is 0 Å². The fourth-order valence-electron chi connectivity index (χ4n) is 3.86. The molecule has 1 amide bonds. The zero-order valence-corrected chi connectivity index (χ0v) is 13.0. The predicted molar refractivity (Wildman–Crippen MR) is 84.8 cm³/mol. The summed E-state index contributed by atoms with van der Waals surface area (Å²) in [5, 5.41) is 6.48. The minimum Gasteiger partial charge on any atom is -0.482 e. The van der Waals surface area contributed by atoms with Gasteiger partial charge in [0.1, 0.15) is 5.75 Å². The van der Waals surface area contributed by atoms with E-state index in [-0.39, 0.29) is 12.5 Å². The summed E-state index contributed by atoms with van der Waals surface area (Å²) in [5.41, 5.74) is 2.20. The van der Waals surface area contributed by atoms with Crippen molar-refractivity contribution in [2.45, 2.75) is 46.1 Å². The first-order valence-electron chi connectivity index (χ1n) is 7.74. The van der Waals surface area contributed by atoms with Gasteiger partial charge in [-0.05, 0) is 48.8 Å². The molecule has 2 atom stereocenters. The number of rotatable bonds is 2. The molecule has 4 nitrogen and oxygen atoms in total. The Morgan fingerprint density at radius 3 is 2.90 bits per heavy atom. The van der Waals surface area contributed by atoms with Crippen LogP contribution < -0.4 is 15.4 Å². The van der Waals surface area contributed by atoms with Gasteiger partial charge in [-0.1, -0.05) is 20.8 Å². The molecular weight excluding hydrogens is 264 g/mol. The maximum absolute atomic E-state index is 11.4. The van der Waals surface area contributed by atoms with Crippen molar-refractivity contribution in [1.29, 1.82) is 0 Å². The van der Waals surface area contributed by atoms with E-state index in [0.29, 0.717) is 11.5 Å². The van der Waals surface area contributed by atoms with Gasteiger partial charge in [0.2, 0.25) is 0 Å². The molecular formula is C17H24N2O2. The van der Waals surface area contributed by atoms with E-state index in [0.717, 1.165) is 23.0 Å². The van der Waals surface area contributed by atoms with Gasteiger partial charge in [0.15, 0.2) is 6.61 Å². The summed E-state index contributed by atoms with van der Waals surface area (Å²) in [4.78, 5) is 11.4. The third-order valence-corrected chi connectivity index (χ3v) is 4.37. The molecule has 4 heteroatoms. The maximum Gasteiger partial charge on any atom is 0.262 e. The van der Waals surface area contributed by atoms with Gasteiger partial charge in [0.05, 0.1) is 5.69 Å². The monoisotopic (exact) mass is 288 g/mol. The van der Waals surface area contributed by atoms with Gasteiger partial charge in [0, 0.05) is 11.7 Å². The Labute approximate surface area is 126 Å². The van der Waals surface area contributed by atoms with Crippen LogP contribution in [0.5, 0.6) is 5.75 Å². The van der Waals surface area contributed by atoms with Gasteiger partial charge >= 0.3 is 0 Å². The van der Waals surface area contributed by atoms with Gasteiger partial charge in [-0.15, -0.1) is 0 Å². The highest BCUT2D eigenvalue weighted by Gasteiger charge is 2.32. The molecule has 1 heterocycles. The average Bonchev–Trinajstić information content (AvgIpc) is 2.35. The Kier molecular flexibility index (Phi) is 3.56. The number of carbonyl (C=O) groups excluding carboxylic acids is 1. The molecule has 21 heavy (non-hydrogen) atoms. The van der Waals surface area contributed by atoms with Crippen LogP contribution in [0.3, 0.4) is 0 Å². The Balaban J connectivity index is 1.73. The molecule has 0 aromatic heterocycles.